The molecule has 1 atom stereocenters. The maximum atomic E-state index is 12.5. The Bertz CT molecular complexity index is 722. The molecular weight excluding hydrogens is 276 g/mol. The van der Waals surface area contributed by atoms with Crippen molar-refractivity contribution < 1.29 is 9.59 Å². The summed E-state index contributed by atoms with van der Waals surface area (Å²) in [6.45, 7) is 3.96. The van der Waals surface area contributed by atoms with E-state index in [-0.39, 0.29) is 18.2 Å². The summed E-state index contributed by atoms with van der Waals surface area (Å²) in [7, 11) is 0. The number of carbonyl (C=O) groups is 2. The van der Waals surface area contributed by atoms with Crippen LogP contribution in [-0.4, -0.2) is 17.9 Å². The van der Waals surface area contributed by atoms with Crippen LogP contribution in [0, 0.1) is 13.8 Å². The zero-order valence-electron chi connectivity index (χ0n) is 12.7. The van der Waals surface area contributed by atoms with Crippen molar-refractivity contribution in [2.75, 3.05) is 10.2 Å². The SMILES string of the molecule is Cc1ccc(N2C(=O)C[C@@H](Nc3cccc(C)c3)C2=O)cc1. The molecule has 1 N–H and O–H groups in total. The summed E-state index contributed by atoms with van der Waals surface area (Å²) in [5.41, 5.74) is 3.69. The first-order chi connectivity index (χ1) is 10.5. The topological polar surface area (TPSA) is 49.4 Å². The molecule has 2 aromatic carbocycles. The van der Waals surface area contributed by atoms with E-state index in [0.29, 0.717) is 5.69 Å². The number of aryl methyl sites for hydroxylation is 2. The smallest absolute Gasteiger partial charge is 0.256 e. The van der Waals surface area contributed by atoms with Crippen LogP contribution in [0.15, 0.2) is 48.5 Å². The monoisotopic (exact) mass is 294 g/mol. The van der Waals surface area contributed by atoms with Gasteiger partial charge in [-0.2, -0.15) is 0 Å². The summed E-state index contributed by atoms with van der Waals surface area (Å²) < 4.78 is 0. The standard InChI is InChI=1S/C18H18N2O2/c1-12-6-8-15(9-7-12)20-17(21)11-16(18(20)22)19-14-5-3-4-13(2)10-14/h3-10,16,19H,11H2,1-2H3/t16-/m1/s1. The molecule has 0 spiro atoms. The first kappa shape index (κ1) is 14.3. The summed E-state index contributed by atoms with van der Waals surface area (Å²) in [4.78, 5) is 26.0. The van der Waals surface area contributed by atoms with E-state index in [1.54, 1.807) is 12.1 Å². The third kappa shape index (κ3) is 2.72. The van der Waals surface area contributed by atoms with E-state index in [0.717, 1.165) is 16.8 Å². The van der Waals surface area contributed by atoms with E-state index in [1.807, 2.05) is 50.2 Å². The number of imide groups is 1. The van der Waals surface area contributed by atoms with Crippen LogP contribution in [0.3, 0.4) is 0 Å². The molecule has 0 bridgehead atoms. The lowest BCUT2D eigenvalue weighted by atomic mass is 10.2. The minimum absolute atomic E-state index is 0.168. The molecule has 0 aliphatic carbocycles. The highest BCUT2D eigenvalue weighted by atomic mass is 16.2. The van der Waals surface area contributed by atoms with Crippen LogP contribution in [0.1, 0.15) is 17.5 Å². The van der Waals surface area contributed by atoms with Gasteiger partial charge in [-0.1, -0.05) is 29.8 Å². The molecule has 22 heavy (non-hydrogen) atoms. The van der Waals surface area contributed by atoms with Gasteiger partial charge in [-0.3, -0.25) is 9.59 Å². The van der Waals surface area contributed by atoms with Crippen LogP contribution in [0.5, 0.6) is 0 Å². The van der Waals surface area contributed by atoms with Gasteiger partial charge in [-0.05, 0) is 43.7 Å². The van der Waals surface area contributed by atoms with Crippen LogP contribution in [0.25, 0.3) is 0 Å². The minimum atomic E-state index is -0.504. The number of hydrogen-bond acceptors (Lipinski definition) is 3. The maximum absolute atomic E-state index is 12.5. The molecule has 1 fully saturated rings. The molecule has 1 saturated heterocycles. The zero-order valence-corrected chi connectivity index (χ0v) is 12.7. The van der Waals surface area contributed by atoms with Crippen LogP contribution in [0.4, 0.5) is 11.4 Å². The largest absolute Gasteiger partial charge is 0.373 e. The average Bonchev–Trinajstić information content (AvgIpc) is 2.75. The highest BCUT2D eigenvalue weighted by molar-refractivity contribution is 6.23. The van der Waals surface area contributed by atoms with Gasteiger partial charge >= 0.3 is 0 Å². The van der Waals surface area contributed by atoms with Gasteiger partial charge in [0, 0.05) is 5.69 Å². The third-order valence-corrected chi connectivity index (χ3v) is 3.80. The molecule has 1 aliphatic rings. The quantitative estimate of drug-likeness (QED) is 0.885. The van der Waals surface area contributed by atoms with E-state index < -0.39 is 6.04 Å². The van der Waals surface area contributed by atoms with Crippen molar-refractivity contribution in [1.82, 2.24) is 0 Å². The normalized spacial score (nSPS) is 17.9. The summed E-state index contributed by atoms with van der Waals surface area (Å²) in [6.07, 6.45) is 0.181. The second kappa shape index (κ2) is 5.64. The molecule has 2 aromatic rings. The molecule has 1 aliphatic heterocycles. The highest BCUT2D eigenvalue weighted by Gasteiger charge is 2.39. The molecule has 3 rings (SSSR count). The minimum Gasteiger partial charge on any atom is -0.373 e. The lowest BCUT2D eigenvalue weighted by Gasteiger charge is -2.16. The third-order valence-electron chi connectivity index (χ3n) is 3.80. The Morgan fingerprint density at radius 1 is 1.00 bits per heavy atom. The number of nitrogens with zero attached hydrogens (tertiary/aromatic N) is 1. The summed E-state index contributed by atoms with van der Waals surface area (Å²) in [6, 6.07) is 14.7. The van der Waals surface area contributed by atoms with E-state index in [2.05, 4.69) is 5.32 Å². The van der Waals surface area contributed by atoms with E-state index >= 15 is 0 Å². The zero-order chi connectivity index (χ0) is 15.7. The molecule has 0 aromatic heterocycles. The fourth-order valence-corrected chi connectivity index (χ4v) is 2.65. The number of nitrogens with one attached hydrogen (secondary N) is 1. The summed E-state index contributed by atoms with van der Waals surface area (Å²) >= 11 is 0. The Labute approximate surface area is 129 Å². The Morgan fingerprint density at radius 3 is 2.41 bits per heavy atom. The van der Waals surface area contributed by atoms with Crippen molar-refractivity contribution in [3.8, 4) is 0 Å². The average molecular weight is 294 g/mol. The second-order valence-electron chi connectivity index (χ2n) is 5.67. The van der Waals surface area contributed by atoms with Crippen LogP contribution in [0.2, 0.25) is 0 Å². The number of amides is 2. The highest BCUT2D eigenvalue weighted by Crippen LogP contribution is 2.25. The van der Waals surface area contributed by atoms with Gasteiger partial charge in [-0.15, -0.1) is 0 Å². The Balaban J connectivity index is 1.81. The number of rotatable bonds is 3. The van der Waals surface area contributed by atoms with Crippen molar-refractivity contribution in [3.05, 3.63) is 59.7 Å². The lowest BCUT2D eigenvalue weighted by Crippen LogP contribution is -2.34. The molecule has 2 amide bonds. The number of carbonyl (C=O) groups excluding carboxylic acids is 2. The Hall–Kier alpha value is -2.62. The van der Waals surface area contributed by atoms with Crippen molar-refractivity contribution in [2.45, 2.75) is 26.3 Å². The molecule has 0 radical (unpaired) electrons. The molecule has 0 saturated carbocycles. The van der Waals surface area contributed by atoms with Crippen molar-refractivity contribution in [3.63, 3.8) is 0 Å². The summed E-state index contributed by atoms with van der Waals surface area (Å²) in [5, 5.41) is 3.16. The Morgan fingerprint density at radius 2 is 1.73 bits per heavy atom. The van der Waals surface area contributed by atoms with E-state index in [4.69, 9.17) is 0 Å². The molecular formula is C18H18N2O2. The predicted octanol–water partition coefficient (Wildman–Crippen LogP) is 3.05. The van der Waals surface area contributed by atoms with Crippen molar-refractivity contribution in [2.24, 2.45) is 0 Å². The molecule has 4 nitrogen and oxygen atoms in total. The van der Waals surface area contributed by atoms with Crippen molar-refractivity contribution >= 4 is 23.2 Å². The molecule has 1 heterocycles. The number of benzene rings is 2. The Kier molecular flexibility index (Phi) is 3.67. The van der Waals surface area contributed by atoms with Gasteiger partial charge in [0.1, 0.15) is 6.04 Å². The van der Waals surface area contributed by atoms with Gasteiger partial charge in [0.2, 0.25) is 5.91 Å². The lowest BCUT2D eigenvalue weighted by molar-refractivity contribution is -0.121. The summed E-state index contributed by atoms with van der Waals surface area (Å²) in [5.74, 6) is -0.366. The van der Waals surface area contributed by atoms with Gasteiger partial charge in [0.25, 0.3) is 5.91 Å². The van der Waals surface area contributed by atoms with Gasteiger partial charge in [-0.25, -0.2) is 4.90 Å². The number of hydrogen-bond donors (Lipinski definition) is 1. The van der Waals surface area contributed by atoms with Crippen LogP contribution < -0.4 is 10.2 Å². The van der Waals surface area contributed by atoms with E-state index in [1.165, 1.54) is 4.90 Å². The number of anilines is 2. The van der Waals surface area contributed by atoms with Crippen LogP contribution in [-0.2, 0) is 9.59 Å². The first-order valence-electron chi connectivity index (χ1n) is 7.31. The van der Waals surface area contributed by atoms with Crippen molar-refractivity contribution in [1.29, 1.82) is 0 Å². The second-order valence-corrected chi connectivity index (χ2v) is 5.67. The molecule has 4 heteroatoms. The maximum Gasteiger partial charge on any atom is 0.256 e. The predicted molar refractivity (Wildman–Crippen MR) is 86.9 cm³/mol. The molecule has 112 valence electrons. The van der Waals surface area contributed by atoms with Gasteiger partial charge in [0.15, 0.2) is 0 Å². The fourth-order valence-electron chi connectivity index (χ4n) is 2.65. The fraction of sp³-hybridized carbons (Fsp3) is 0.222. The van der Waals surface area contributed by atoms with Gasteiger partial charge in [0.05, 0.1) is 12.1 Å². The van der Waals surface area contributed by atoms with E-state index in [9.17, 15) is 9.59 Å². The first-order valence-corrected chi connectivity index (χ1v) is 7.31. The molecule has 0 unspecified atom stereocenters. The van der Waals surface area contributed by atoms with Gasteiger partial charge < -0.3 is 5.32 Å². The van der Waals surface area contributed by atoms with Crippen LogP contribution >= 0.6 is 0 Å².